The zero-order valence-corrected chi connectivity index (χ0v) is 29.6. The first kappa shape index (κ1) is 37.7. The summed E-state index contributed by atoms with van der Waals surface area (Å²) < 4.78 is 39.5. The lowest BCUT2D eigenvalue weighted by molar-refractivity contribution is -0.143. The molecule has 0 spiro atoms. The van der Waals surface area contributed by atoms with Crippen LogP contribution in [0.3, 0.4) is 0 Å². The van der Waals surface area contributed by atoms with Gasteiger partial charge in [0, 0.05) is 57.5 Å². The Bertz CT molecular complexity index is 1930. The molecule has 1 atom stereocenters. The van der Waals surface area contributed by atoms with Gasteiger partial charge in [0.25, 0.3) is 0 Å². The SMILES string of the molecule is Cc1ccccc1CN(C)CCN(C)C(=O)[C@H](Cc1ccccc1)N(Cc1ccc(-c2ccccn2)cc1)C(=O)/C=C/c1ccc(C(F)(F)F)cc1. The third-order valence-electron chi connectivity index (χ3n) is 9.03. The van der Waals surface area contributed by atoms with Gasteiger partial charge < -0.3 is 14.7 Å². The van der Waals surface area contributed by atoms with Crippen LogP contribution < -0.4 is 0 Å². The Hall–Kier alpha value is -5.54. The summed E-state index contributed by atoms with van der Waals surface area (Å²) in [5, 5.41) is 0. The minimum absolute atomic E-state index is 0.128. The molecule has 1 heterocycles. The number of carbonyl (C=O) groups excluding carboxylic acids is 2. The normalized spacial score (nSPS) is 12.2. The van der Waals surface area contributed by atoms with E-state index in [0.717, 1.165) is 41.1 Å². The largest absolute Gasteiger partial charge is 0.416 e. The van der Waals surface area contributed by atoms with Crippen LogP contribution in [0.4, 0.5) is 13.2 Å². The van der Waals surface area contributed by atoms with Crippen LogP contribution in [-0.4, -0.2) is 64.7 Å². The number of carbonyl (C=O) groups is 2. The van der Waals surface area contributed by atoms with Crippen LogP contribution >= 0.6 is 0 Å². The first-order valence-electron chi connectivity index (χ1n) is 17.2. The summed E-state index contributed by atoms with van der Waals surface area (Å²) in [6.45, 7) is 4.00. The van der Waals surface area contributed by atoms with Gasteiger partial charge in [0.1, 0.15) is 6.04 Å². The van der Waals surface area contributed by atoms with E-state index in [1.807, 2.05) is 92.0 Å². The van der Waals surface area contributed by atoms with Gasteiger partial charge in [0.05, 0.1) is 11.3 Å². The van der Waals surface area contributed by atoms with Crippen molar-refractivity contribution in [1.82, 2.24) is 19.7 Å². The number of hydrogen-bond acceptors (Lipinski definition) is 4. The highest BCUT2D eigenvalue weighted by molar-refractivity contribution is 5.95. The number of alkyl halides is 3. The second-order valence-electron chi connectivity index (χ2n) is 13.0. The van der Waals surface area contributed by atoms with E-state index in [9.17, 15) is 22.8 Å². The van der Waals surface area contributed by atoms with Crippen LogP contribution in [0.5, 0.6) is 0 Å². The van der Waals surface area contributed by atoms with E-state index in [4.69, 9.17) is 0 Å². The number of nitrogens with zero attached hydrogens (tertiary/aromatic N) is 4. The van der Waals surface area contributed by atoms with Crippen molar-refractivity contribution in [2.75, 3.05) is 27.2 Å². The summed E-state index contributed by atoms with van der Waals surface area (Å²) in [6.07, 6.45) is 0.339. The highest BCUT2D eigenvalue weighted by atomic mass is 19.4. The molecule has 6 nitrogen and oxygen atoms in total. The van der Waals surface area contributed by atoms with Crippen LogP contribution in [0.1, 0.15) is 33.4 Å². The number of amides is 2. The Labute approximate surface area is 303 Å². The zero-order chi connectivity index (χ0) is 37.1. The highest BCUT2D eigenvalue weighted by Gasteiger charge is 2.32. The van der Waals surface area contributed by atoms with Gasteiger partial charge in [-0.25, -0.2) is 0 Å². The van der Waals surface area contributed by atoms with Crippen molar-refractivity contribution in [1.29, 1.82) is 0 Å². The fourth-order valence-electron chi connectivity index (χ4n) is 5.91. The molecule has 5 aromatic rings. The average Bonchev–Trinajstić information content (AvgIpc) is 3.15. The molecule has 0 fully saturated rings. The fourth-order valence-corrected chi connectivity index (χ4v) is 5.91. The van der Waals surface area contributed by atoms with Gasteiger partial charge in [0.2, 0.25) is 11.8 Å². The molecule has 9 heteroatoms. The van der Waals surface area contributed by atoms with Crippen molar-refractivity contribution in [3.05, 3.63) is 167 Å². The van der Waals surface area contributed by atoms with Crippen molar-refractivity contribution >= 4 is 17.9 Å². The molecule has 0 bridgehead atoms. The van der Waals surface area contributed by atoms with Crippen LogP contribution in [0.2, 0.25) is 0 Å². The molecule has 5 rings (SSSR count). The number of pyridine rings is 1. The molecule has 0 N–H and O–H groups in total. The molecule has 0 unspecified atom stereocenters. The number of benzene rings is 4. The van der Waals surface area contributed by atoms with E-state index in [-0.39, 0.29) is 18.9 Å². The number of aryl methyl sites for hydroxylation is 1. The molecule has 0 aliphatic carbocycles. The lowest BCUT2D eigenvalue weighted by Crippen LogP contribution is -2.51. The molecule has 268 valence electrons. The Morgan fingerprint density at radius 2 is 1.42 bits per heavy atom. The van der Waals surface area contributed by atoms with Gasteiger partial charge in [-0.15, -0.1) is 0 Å². The fraction of sp³-hybridized carbons (Fsp3) is 0.233. The second kappa shape index (κ2) is 17.6. The average molecular weight is 705 g/mol. The summed E-state index contributed by atoms with van der Waals surface area (Å²) >= 11 is 0. The second-order valence-corrected chi connectivity index (χ2v) is 13.0. The minimum Gasteiger partial charge on any atom is -0.343 e. The third-order valence-corrected chi connectivity index (χ3v) is 9.03. The molecule has 0 aliphatic rings. The molecule has 4 aromatic carbocycles. The minimum atomic E-state index is -4.46. The lowest BCUT2D eigenvalue weighted by atomic mass is 10.0. The molecule has 0 saturated heterocycles. The summed E-state index contributed by atoms with van der Waals surface area (Å²) in [6, 6.07) is 34.9. The van der Waals surface area contributed by atoms with Gasteiger partial charge in [-0.3, -0.25) is 14.6 Å². The third kappa shape index (κ3) is 10.5. The summed E-state index contributed by atoms with van der Waals surface area (Å²) in [5.74, 6) is -0.650. The van der Waals surface area contributed by atoms with Crippen LogP contribution in [0.15, 0.2) is 134 Å². The molecule has 0 radical (unpaired) electrons. The van der Waals surface area contributed by atoms with Gasteiger partial charge in [-0.1, -0.05) is 97.1 Å². The van der Waals surface area contributed by atoms with Crippen molar-refractivity contribution in [3.8, 4) is 11.3 Å². The van der Waals surface area contributed by atoms with Gasteiger partial charge in [0.15, 0.2) is 0 Å². The maximum absolute atomic E-state index is 14.4. The number of halogens is 3. The Kier molecular flexibility index (Phi) is 12.8. The lowest BCUT2D eigenvalue weighted by Gasteiger charge is -2.34. The smallest absolute Gasteiger partial charge is 0.343 e. The molecule has 0 aliphatic heterocycles. The molecular weight excluding hydrogens is 661 g/mol. The number of aromatic nitrogens is 1. The Morgan fingerprint density at radius 1 is 0.750 bits per heavy atom. The maximum Gasteiger partial charge on any atom is 0.416 e. The maximum atomic E-state index is 14.4. The Balaban J connectivity index is 1.42. The quantitative estimate of drug-likeness (QED) is 0.109. The number of hydrogen-bond donors (Lipinski definition) is 0. The molecule has 1 aromatic heterocycles. The van der Waals surface area contributed by atoms with Crippen molar-refractivity contribution in [3.63, 3.8) is 0 Å². The topological polar surface area (TPSA) is 56.8 Å². The summed E-state index contributed by atoms with van der Waals surface area (Å²) in [7, 11) is 3.77. The van der Waals surface area contributed by atoms with E-state index in [1.54, 1.807) is 23.0 Å². The van der Waals surface area contributed by atoms with Crippen molar-refractivity contribution < 1.29 is 22.8 Å². The predicted molar refractivity (Wildman–Crippen MR) is 200 cm³/mol. The van der Waals surface area contributed by atoms with E-state index in [0.29, 0.717) is 18.7 Å². The van der Waals surface area contributed by atoms with Gasteiger partial charge >= 0.3 is 6.18 Å². The summed E-state index contributed by atoms with van der Waals surface area (Å²) in [5.41, 5.74) is 5.50. The monoisotopic (exact) mass is 704 g/mol. The zero-order valence-electron chi connectivity index (χ0n) is 29.6. The summed E-state index contributed by atoms with van der Waals surface area (Å²) in [4.78, 5) is 38.4. The van der Waals surface area contributed by atoms with Crippen LogP contribution in [-0.2, 0) is 35.3 Å². The molecule has 52 heavy (non-hydrogen) atoms. The molecule has 2 amide bonds. The van der Waals surface area contributed by atoms with Crippen LogP contribution in [0.25, 0.3) is 17.3 Å². The molecule has 0 saturated carbocycles. The Morgan fingerprint density at radius 3 is 2.08 bits per heavy atom. The van der Waals surface area contributed by atoms with E-state index >= 15 is 0 Å². The van der Waals surface area contributed by atoms with Crippen molar-refractivity contribution in [2.45, 2.75) is 38.7 Å². The van der Waals surface area contributed by atoms with E-state index in [1.165, 1.54) is 35.4 Å². The first-order chi connectivity index (χ1) is 25.0. The van der Waals surface area contributed by atoms with Gasteiger partial charge in [-0.2, -0.15) is 13.2 Å². The van der Waals surface area contributed by atoms with E-state index < -0.39 is 23.7 Å². The van der Waals surface area contributed by atoms with Crippen molar-refractivity contribution in [2.24, 2.45) is 0 Å². The highest BCUT2D eigenvalue weighted by Crippen LogP contribution is 2.29. The number of rotatable bonds is 14. The van der Waals surface area contributed by atoms with Gasteiger partial charge in [-0.05, 0) is 72.1 Å². The number of likely N-dealkylation sites (N-methyl/N-ethyl adjacent to an activating group) is 2. The standard InChI is InChI=1S/C43H43F3N4O2/c1-32-11-7-8-14-37(32)31-48(2)27-28-49(3)42(52)40(29-34-12-5-4-6-13-34)50(30-35-16-21-36(22-17-35)39-15-9-10-26-47-39)41(51)25-20-33-18-23-38(24-19-33)43(44,45)46/h4-26,40H,27-31H2,1-3H3/b25-20+/t40-/m0/s1. The first-order valence-corrected chi connectivity index (χ1v) is 17.2. The van der Waals surface area contributed by atoms with E-state index in [2.05, 4.69) is 28.9 Å². The molecular formula is C43H43F3N4O2. The van der Waals surface area contributed by atoms with Crippen LogP contribution in [0, 0.1) is 6.92 Å². The predicted octanol–water partition coefficient (Wildman–Crippen LogP) is 8.32.